The fourth-order valence-electron chi connectivity index (χ4n) is 7.53. The number of carbonyl (C=O) groups excluding carboxylic acids is 1. The predicted molar refractivity (Wildman–Crippen MR) is 103 cm³/mol. The Morgan fingerprint density at radius 1 is 1.00 bits per heavy atom. The first-order chi connectivity index (χ1) is 12.7. The van der Waals surface area contributed by atoms with Crippen LogP contribution in [0, 0.1) is 23.2 Å². The standard InChI is InChI=1S/C25H24O/c26-24-12-20-9-19-8-15-2-1-14(7-18(15)11-22(19)24)16-3-4-23-21(10-16)17-5-6-25(20,23)13-17/h1-2,7-9,11,16-17,20,22H,3-6,10,12-13H2. The highest BCUT2D eigenvalue weighted by atomic mass is 16.1. The fourth-order valence-corrected chi connectivity index (χ4v) is 7.53. The highest BCUT2D eigenvalue weighted by molar-refractivity contribution is 5.94. The minimum atomic E-state index is 0.0101. The van der Waals surface area contributed by atoms with Crippen molar-refractivity contribution in [3.63, 3.8) is 0 Å². The van der Waals surface area contributed by atoms with Gasteiger partial charge in [-0.3, -0.25) is 4.79 Å². The van der Waals surface area contributed by atoms with Gasteiger partial charge in [-0.15, -0.1) is 0 Å². The maximum Gasteiger partial charge on any atom is 0.144 e. The second-order valence-electron chi connectivity index (χ2n) is 9.66. The molecule has 0 aromatic heterocycles. The van der Waals surface area contributed by atoms with Crippen LogP contribution in [0.1, 0.15) is 56.4 Å². The molecule has 1 fully saturated rings. The Labute approximate surface area is 154 Å². The second-order valence-corrected chi connectivity index (χ2v) is 9.66. The molecule has 26 heavy (non-hydrogen) atoms. The Bertz CT molecular complexity index is 1070. The number of rotatable bonds is 0. The molecule has 0 N–H and O–H groups in total. The first-order valence-corrected chi connectivity index (χ1v) is 10.5. The Morgan fingerprint density at radius 3 is 2.92 bits per heavy atom. The van der Waals surface area contributed by atoms with Gasteiger partial charge in [0.1, 0.15) is 5.78 Å². The van der Waals surface area contributed by atoms with E-state index in [2.05, 4.69) is 36.4 Å². The largest absolute Gasteiger partial charge is 0.299 e. The van der Waals surface area contributed by atoms with Gasteiger partial charge in [-0.25, -0.2) is 0 Å². The van der Waals surface area contributed by atoms with Crippen LogP contribution < -0.4 is 10.4 Å². The van der Waals surface area contributed by atoms with E-state index in [1.807, 2.05) is 5.57 Å². The molecule has 1 aromatic rings. The van der Waals surface area contributed by atoms with E-state index in [1.165, 1.54) is 60.1 Å². The molecule has 130 valence electrons. The van der Waals surface area contributed by atoms with E-state index in [4.69, 9.17) is 0 Å². The summed E-state index contributed by atoms with van der Waals surface area (Å²) in [4.78, 5) is 13.2. The molecule has 0 saturated heterocycles. The van der Waals surface area contributed by atoms with E-state index in [1.54, 1.807) is 5.57 Å². The molecule has 0 aliphatic heterocycles. The Hall–Kier alpha value is -1.89. The molecule has 5 atom stereocenters. The summed E-state index contributed by atoms with van der Waals surface area (Å²) in [5.41, 5.74) is 6.73. The zero-order chi connectivity index (χ0) is 17.0. The number of hydrogen-bond donors (Lipinski definition) is 0. The highest BCUT2D eigenvalue weighted by Crippen LogP contribution is 2.66. The molecule has 11 aliphatic rings. The van der Waals surface area contributed by atoms with Crippen molar-refractivity contribution in [1.29, 1.82) is 0 Å². The van der Waals surface area contributed by atoms with Crippen molar-refractivity contribution in [2.24, 2.45) is 23.2 Å². The third-order valence-corrected chi connectivity index (χ3v) is 8.72. The zero-order valence-corrected chi connectivity index (χ0v) is 15.1. The summed E-state index contributed by atoms with van der Waals surface area (Å²) in [5.74, 6) is 2.42. The van der Waals surface area contributed by atoms with Crippen LogP contribution >= 0.6 is 0 Å². The lowest BCUT2D eigenvalue weighted by atomic mass is 9.61. The molecule has 1 nitrogen and oxygen atoms in total. The molecule has 1 aromatic carbocycles. The Morgan fingerprint density at radius 2 is 1.96 bits per heavy atom. The van der Waals surface area contributed by atoms with Crippen molar-refractivity contribution in [2.75, 3.05) is 0 Å². The van der Waals surface area contributed by atoms with E-state index >= 15 is 0 Å². The van der Waals surface area contributed by atoms with E-state index in [9.17, 15) is 4.79 Å². The van der Waals surface area contributed by atoms with Crippen LogP contribution in [0.5, 0.6) is 0 Å². The van der Waals surface area contributed by atoms with Crippen molar-refractivity contribution in [3.05, 3.63) is 57.0 Å². The fraction of sp³-hybridized carbons (Fsp3) is 0.480. The molecule has 1 saturated carbocycles. The van der Waals surface area contributed by atoms with Crippen LogP contribution in [-0.2, 0) is 4.79 Å². The molecule has 5 unspecified atom stereocenters. The van der Waals surface area contributed by atoms with Gasteiger partial charge in [0.2, 0.25) is 0 Å². The third-order valence-electron chi connectivity index (χ3n) is 8.72. The van der Waals surface area contributed by atoms with Gasteiger partial charge >= 0.3 is 0 Å². The summed E-state index contributed by atoms with van der Waals surface area (Å²) in [6.45, 7) is 0. The lowest BCUT2D eigenvalue weighted by Gasteiger charge is -2.42. The number of Topliss-reactive ketones (excluding diaryl/α,β-unsaturated/α-hetero) is 1. The van der Waals surface area contributed by atoms with Crippen LogP contribution in [0.25, 0.3) is 12.2 Å². The summed E-state index contributed by atoms with van der Waals surface area (Å²) in [6, 6.07) is 7.07. The summed E-state index contributed by atoms with van der Waals surface area (Å²) < 4.78 is 0. The lowest BCUT2D eigenvalue weighted by Crippen LogP contribution is -2.38. The minimum absolute atomic E-state index is 0.0101. The number of ketones is 1. The summed E-state index contributed by atoms with van der Waals surface area (Å²) >= 11 is 0. The summed E-state index contributed by atoms with van der Waals surface area (Å²) in [7, 11) is 0. The molecule has 0 radical (unpaired) electrons. The van der Waals surface area contributed by atoms with Crippen molar-refractivity contribution >= 4 is 17.9 Å². The molecule has 1 spiro atoms. The molecular formula is C25H24O. The van der Waals surface area contributed by atoms with E-state index in [0.29, 0.717) is 23.0 Å². The normalized spacial score (nSPS) is 40.9. The molecule has 11 aliphatic carbocycles. The van der Waals surface area contributed by atoms with Crippen LogP contribution in [0.15, 0.2) is 41.0 Å². The van der Waals surface area contributed by atoms with Gasteiger partial charge in [0, 0.05) is 6.42 Å². The first kappa shape index (κ1) is 14.2. The third kappa shape index (κ3) is 1.57. The van der Waals surface area contributed by atoms with E-state index in [-0.39, 0.29) is 5.92 Å². The van der Waals surface area contributed by atoms with E-state index in [0.717, 1.165) is 12.3 Å². The topological polar surface area (TPSA) is 17.1 Å². The number of hydrogen-bond acceptors (Lipinski definition) is 1. The van der Waals surface area contributed by atoms with Crippen molar-refractivity contribution in [1.82, 2.24) is 0 Å². The molecule has 0 heterocycles. The van der Waals surface area contributed by atoms with Gasteiger partial charge in [-0.2, -0.15) is 0 Å². The van der Waals surface area contributed by atoms with Crippen LogP contribution in [0.3, 0.4) is 0 Å². The monoisotopic (exact) mass is 340 g/mol. The highest BCUT2D eigenvalue weighted by Gasteiger charge is 2.56. The van der Waals surface area contributed by atoms with Crippen LogP contribution in [0.4, 0.5) is 0 Å². The number of allylic oxidation sites excluding steroid dienone is 4. The average molecular weight is 340 g/mol. The molecular weight excluding hydrogens is 316 g/mol. The smallest absolute Gasteiger partial charge is 0.144 e. The lowest BCUT2D eigenvalue weighted by molar-refractivity contribution is -0.122. The summed E-state index contributed by atoms with van der Waals surface area (Å²) in [6.07, 6.45) is 15.8. The predicted octanol–water partition coefficient (Wildman–Crippen LogP) is 3.77. The summed E-state index contributed by atoms with van der Waals surface area (Å²) in [5, 5.41) is 2.60. The quantitative estimate of drug-likeness (QED) is 0.657. The van der Waals surface area contributed by atoms with Gasteiger partial charge in [-0.1, -0.05) is 47.6 Å². The first-order valence-electron chi connectivity index (χ1n) is 10.5. The van der Waals surface area contributed by atoms with Gasteiger partial charge in [0.05, 0.1) is 5.92 Å². The van der Waals surface area contributed by atoms with Crippen molar-refractivity contribution < 1.29 is 4.79 Å². The minimum Gasteiger partial charge on any atom is -0.299 e. The SMILES string of the molecule is O=C1CC2C=C3C=c4ccc(cc4=CC13)C1CCC3=C(C1)C1CCC32C1. The maximum absolute atomic E-state index is 13.2. The molecule has 12 rings (SSSR count). The maximum atomic E-state index is 13.2. The van der Waals surface area contributed by atoms with Gasteiger partial charge in [0.15, 0.2) is 0 Å². The van der Waals surface area contributed by atoms with Gasteiger partial charge in [-0.05, 0) is 83.3 Å². The molecule has 1 heteroatoms. The number of benzene rings is 1. The van der Waals surface area contributed by atoms with Crippen molar-refractivity contribution in [3.8, 4) is 0 Å². The van der Waals surface area contributed by atoms with E-state index < -0.39 is 0 Å². The number of fused-ring (bicyclic) bond motifs is 1. The van der Waals surface area contributed by atoms with Crippen LogP contribution in [-0.4, -0.2) is 5.78 Å². The average Bonchev–Trinajstić information content (AvgIpc) is 3.24. The second kappa shape index (κ2) is 4.50. The number of carbonyl (C=O) groups is 1. The molecule has 11 bridgehead atoms. The van der Waals surface area contributed by atoms with Crippen molar-refractivity contribution in [2.45, 2.75) is 50.9 Å². The Kier molecular flexibility index (Phi) is 2.46. The van der Waals surface area contributed by atoms with Gasteiger partial charge < -0.3 is 0 Å². The zero-order valence-electron chi connectivity index (χ0n) is 15.1. The van der Waals surface area contributed by atoms with Gasteiger partial charge in [0.25, 0.3) is 0 Å². The van der Waals surface area contributed by atoms with Crippen LogP contribution in [0.2, 0.25) is 0 Å². The Balaban J connectivity index is 1.58. The molecule has 0 amide bonds.